The van der Waals surface area contributed by atoms with Crippen LogP contribution in [0.5, 0.6) is 0 Å². The summed E-state index contributed by atoms with van der Waals surface area (Å²) in [7, 11) is 0. The molecule has 4 atom stereocenters. The van der Waals surface area contributed by atoms with Gasteiger partial charge in [-0.2, -0.15) is 0 Å². The largest absolute Gasteiger partial charge is 0.353 e. The Balaban J connectivity index is 1.55. The van der Waals surface area contributed by atoms with Gasteiger partial charge in [-0.15, -0.1) is 0 Å². The van der Waals surface area contributed by atoms with Crippen LogP contribution in [-0.4, -0.2) is 23.9 Å². The number of amides is 2. The van der Waals surface area contributed by atoms with E-state index in [1.165, 1.54) is 38.5 Å². The predicted octanol–water partition coefficient (Wildman–Crippen LogP) is 3.94. The number of hydrogen-bond donors (Lipinski definition) is 2. The molecule has 0 heterocycles. The Hall–Kier alpha value is -1.06. The van der Waals surface area contributed by atoms with Gasteiger partial charge in [-0.05, 0) is 50.4 Å². The summed E-state index contributed by atoms with van der Waals surface area (Å²) in [5, 5.41) is 6.38. The van der Waals surface area contributed by atoms with E-state index in [-0.39, 0.29) is 11.8 Å². The van der Waals surface area contributed by atoms with E-state index in [2.05, 4.69) is 24.5 Å². The summed E-state index contributed by atoms with van der Waals surface area (Å²) in [5.41, 5.74) is 0. The van der Waals surface area contributed by atoms with E-state index < -0.39 is 0 Å². The Kier molecular flexibility index (Phi) is 8.07. The van der Waals surface area contributed by atoms with Gasteiger partial charge in [0, 0.05) is 24.9 Å². The molecule has 138 valence electrons. The lowest BCUT2D eigenvalue weighted by molar-refractivity contribution is -0.124. The van der Waals surface area contributed by atoms with Crippen LogP contribution >= 0.6 is 0 Å². The fourth-order valence-electron chi connectivity index (χ4n) is 4.19. The molecule has 0 aromatic carbocycles. The van der Waals surface area contributed by atoms with E-state index in [9.17, 15) is 9.59 Å². The molecule has 2 N–H and O–H groups in total. The second-order valence-electron chi connectivity index (χ2n) is 8.08. The molecule has 2 aliphatic carbocycles. The monoisotopic (exact) mass is 336 g/mol. The normalized spacial score (nSPS) is 30.6. The fourth-order valence-corrected chi connectivity index (χ4v) is 4.19. The molecule has 2 rings (SSSR count). The van der Waals surface area contributed by atoms with Crippen LogP contribution in [0, 0.1) is 11.8 Å². The van der Waals surface area contributed by atoms with E-state index in [0.717, 1.165) is 25.7 Å². The van der Waals surface area contributed by atoms with Crippen LogP contribution in [0.15, 0.2) is 0 Å². The van der Waals surface area contributed by atoms with E-state index in [0.29, 0.717) is 36.8 Å². The zero-order valence-electron chi connectivity index (χ0n) is 15.6. The minimum absolute atomic E-state index is 0.162. The highest BCUT2D eigenvalue weighted by atomic mass is 16.2. The first-order chi connectivity index (χ1) is 11.6. The summed E-state index contributed by atoms with van der Waals surface area (Å²) in [6.07, 6.45) is 12.5. The minimum Gasteiger partial charge on any atom is -0.353 e. The number of carbonyl (C=O) groups excluding carboxylic acids is 2. The van der Waals surface area contributed by atoms with E-state index in [4.69, 9.17) is 0 Å². The molecule has 2 saturated carbocycles. The molecule has 2 fully saturated rings. The van der Waals surface area contributed by atoms with Gasteiger partial charge in [-0.3, -0.25) is 9.59 Å². The molecular weight excluding hydrogens is 300 g/mol. The predicted molar refractivity (Wildman–Crippen MR) is 97.6 cm³/mol. The zero-order chi connectivity index (χ0) is 17.4. The summed E-state index contributed by atoms with van der Waals surface area (Å²) < 4.78 is 0. The maximum Gasteiger partial charge on any atom is 0.220 e. The van der Waals surface area contributed by atoms with Gasteiger partial charge in [-0.1, -0.05) is 39.5 Å². The molecule has 0 aromatic rings. The molecule has 4 unspecified atom stereocenters. The number of nitrogens with one attached hydrogen (secondary N) is 2. The molecule has 4 heteroatoms. The van der Waals surface area contributed by atoms with Gasteiger partial charge in [0.25, 0.3) is 0 Å². The van der Waals surface area contributed by atoms with Crippen molar-refractivity contribution in [3.05, 3.63) is 0 Å². The van der Waals surface area contributed by atoms with Crippen molar-refractivity contribution in [2.24, 2.45) is 11.8 Å². The average Bonchev–Trinajstić information content (AvgIpc) is 2.56. The summed E-state index contributed by atoms with van der Waals surface area (Å²) in [5.74, 6) is 1.53. The van der Waals surface area contributed by atoms with Crippen LogP contribution in [0.4, 0.5) is 0 Å². The summed E-state index contributed by atoms with van der Waals surface area (Å²) >= 11 is 0. The van der Waals surface area contributed by atoms with Crippen molar-refractivity contribution in [3.63, 3.8) is 0 Å². The molecule has 0 bridgehead atoms. The van der Waals surface area contributed by atoms with Crippen molar-refractivity contribution in [3.8, 4) is 0 Å². The number of hydrogen-bond acceptors (Lipinski definition) is 2. The second-order valence-corrected chi connectivity index (χ2v) is 8.08. The Morgan fingerprint density at radius 1 is 0.708 bits per heavy atom. The number of carbonyl (C=O) groups is 2. The lowest BCUT2D eigenvalue weighted by Gasteiger charge is -2.29. The zero-order valence-corrected chi connectivity index (χ0v) is 15.6. The molecule has 0 aliphatic heterocycles. The van der Waals surface area contributed by atoms with Crippen molar-refractivity contribution in [2.75, 3.05) is 0 Å². The quantitative estimate of drug-likeness (QED) is 0.692. The maximum atomic E-state index is 12.0. The van der Waals surface area contributed by atoms with Crippen molar-refractivity contribution < 1.29 is 9.59 Å². The molecule has 24 heavy (non-hydrogen) atoms. The molecule has 4 nitrogen and oxygen atoms in total. The summed E-state index contributed by atoms with van der Waals surface area (Å²) in [4.78, 5) is 24.1. The fraction of sp³-hybridized carbons (Fsp3) is 0.900. The molecule has 2 aliphatic rings. The molecule has 0 radical (unpaired) electrons. The lowest BCUT2D eigenvalue weighted by atomic mass is 9.86. The molecular formula is C20H36N2O2. The van der Waals surface area contributed by atoms with Crippen molar-refractivity contribution >= 4 is 11.8 Å². The minimum atomic E-state index is 0.162. The Morgan fingerprint density at radius 3 is 1.46 bits per heavy atom. The highest BCUT2D eigenvalue weighted by Gasteiger charge is 2.23. The van der Waals surface area contributed by atoms with Gasteiger partial charge in [0.05, 0.1) is 0 Å². The van der Waals surface area contributed by atoms with Gasteiger partial charge >= 0.3 is 0 Å². The Labute approximate surface area is 147 Å². The lowest BCUT2D eigenvalue weighted by Crippen LogP contribution is -2.41. The van der Waals surface area contributed by atoms with Gasteiger partial charge in [0.2, 0.25) is 11.8 Å². The van der Waals surface area contributed by atoms with Crippen LogP contribution in [0.1, 0.15) is 90.9 Å². The van der Waals surface area contributed by atoms with Gasteiger partial charge in [0.15, 0.2) is 0 Å². The Bertz CT molecular complexity index is 372. The first-order valence-corrected chi connectivity index (χ1v) is 10.1. The topological polar surface area (TPSA) is 58.2 Å². The molecule has 2 amide bonds. The first kappa shape index (κ1) is 19.3. The second kappa shape index (κ2) is 10.0. The smallest absolute Gasteiger partial charge is 0.220 e. The Morgan fingerprint density at radius 2 is 1.08 bits per heavy atom. The third-order valence-electron chi connectivity index (χ3n) is 5.97. The van der Waals surface area contributed by atoms with Crippen LogP contribution < -0.4 is 10.6 Å². The summed E-state index contributed by atoms with van der Waals surface area (Å²) in [6.45, 7) is 4.47. The van der Waals surface area contributed by atoms with E-state index >= 15 is 0 Å². The van der Waals surface area contributed by atoms with Crippen molar-refractivity contribution in [2.45, 2.75) is 103 Å². The maximum absolute atomic E-state index is 12.0. The van der Waals surface area contributed by atoms with Crippen LogP contribution in [0.2, 0.25) is 0 Å². The van der Waals surface area contributed by atoms with Gasteiger partial charge < -0.3 is 10.6 Å². The molecule has 0 aromatic heterocycles. The first-order valence-electron chi connectivity index (χ1n) is 10.1. The van der Waals surface area contributed by atoms with Crippen LogP contribution in [-0.2, 0) is 9.59 Å². The SMILES string of the molecule is CC1CCCCC1NC(=O)CCCCC(=O)NC1CCCCC1C. The van der Waals surface area contributed by atoms with Gasteiger partial charge in [-0.25, -0.2) is 0 Å². The summed E-state index contributed by atoms with van der Waals surface area (Å²) in [6, 6.07) is 0.727. The standard InChI is InChI=1S/C20H36N2O2/c1-15-9-3-5-11-17(15)21-19(23)13-7-8-14-20(24)22-18-12-6-4-10-16(18)2/h15-18H,3-14H2,1-2H3,(H,21,23)(H,22,24). The number of rotatable bonds is 7. The van der Waals surface area contributed by atoms with E-state index in [1.54, 1.807) is 0 Å². The van der Waals surface area contributed by atoms with E-state index in [1.807, 2.05) is 0 Å². The van der Waals surface area contributed by atoms with Crippen LogP contribution in [0.3, 0.4) is 0 Å². The molecule has 0 spiro atoms. The number of unbranched alkanes of at least 4 members (excludes halogenated alkanes) is 1. The van der Waals surface area contributed by atoms with Crippen LogP contribution in [0.25, 0.3) is 0 Å². The highest BCUT2D eigenvalue weighted by Crippen LogP contribution is 2.24. The third kappa shape index (κ3) is 6.45. The highest BCUT2D eigenvalue weighted by molar-refractivity contribution is 5.77. The average molecular weight is 337 g/mol. The molecule has 0 saturated heterocycles. The van der Waals surface area contributed by atoms with Crippen molar-refractivity contribution in [1.29, 1.82) is 0 Å². The van der Waals surface area contributed by atoms with Crippen molar-refractivity contribution in [1.82, 2.24) is 10.6 Å². The van der Waals surface area contributed by atoms with Gasteiger partial charge in [0.1, 0.15) is 0 Å². The third-order valence-corrected chi connectivity index (χ3v) is 5.97.